The van der Waals surface area contributed by atoms with Gasteiger partial charge >= 0.3 is 6.09 Å². The van der Waals surface area contributed by atoms with E-state index in [9.17, 15) is 4.79 Å². The van der Waals surface area contributed by atoms with Gasteiger partial charge in [0.2, 0.25) is 0 Å². The average Bonchev–Trinajstić information content (AvgIpc) is 2.45. The number of carbonyl (C=O) groups excluding carboxylic acids is 1. The summed E-state index contributed by atoms with van der Waals surface area (Å²) in [5.74, 6) is 0. The molecule has 4 nitrogen and oxygen atoms in total. The molecular weight excluding hydrogens is 266 g/mol. The van der Waals surface area contributed by atoms with Gasteiger partial charge in [-0.3, -0.25) is 0 Å². The number of ether oxygens (including phenoxy) is 2. The first-order chi connectivity index (χ1) is 9.96. The van der Waals surface area contributed by atoms with Gasteiger partial charge < -0.3 is 14.4 Å². The normalized spacial score (nSPS) is 16.5. The van der Waals surface area contributed by atoms with Gasteiger partial charge in [0.1, 0.15) is 5.60 Å². The number of hydrogen-bond donors (Lipinski definition) is 0. The molecule has 1 aliphatic heterocycles. The van der Waals surface area contributed by atoms with Crippen LogP contribution in [0.4, 0.5) is 4.79 Å². The summed E-state index contributed by atoms with van der Waals surface area (Å²) >= 11 is 0. The topological polar surface area (TPSA) is 38.8 Å². The van der Waals surface area contributed by atoms with Crippen molar-refractivity contribution in [3.8, 4) is 0 Å². The minimum Gasteiger partial charge on any atom is -0.444 e. The van der Waals surface area contributed by atoms with E-state index in [0.717, 1.165) is 18.4 Å². The summed E-state index contributed by atoms with van der Waals surface area (Å²) in [6, 6.07) is 10.2. The van der Waals surface area contributed by atoms with E-state index in [0.29, 0.717) is 19.8 Å². The van der Waals surface area contributed by atoms with Crippen LogP contribution in [0.2, 0.25) is 0 Å². The highest BCUT2D eigenvalue weighted by Crippen LogP contribution is 2.21. The Balaban J connectivity index is 2.11. The Labute approximate surface area is 127 Å². The lowest BCUT2D eigenvalue weighted by molar-refractivity contribution is -0.00808. The van der Waals surface area contributed by atoms with Crippen LogP contribution in [0, 0.1) is 0 Å². The molecule has 1 aliphatic rings. The van der Waals surface area contributed by atoms with Crippen molar-refractivity contribution in [1.29, 1.82) is 0 Å². The highest BCUT2D eigenvalue weighted by molar-refractivity contribution is 5.68. The number of benzene rings is 1. The van der Waals surface area contributed by atoms with Crippen LogP contribution in [0.1, 0.15) is 39.2 Å². The molecule has 0 spiro atoms. The van der Waals surface area contributed by atoms with E-state index in [2.05, 4.69) is 0 Å². The van der Waals surface area contributed by atoms with E-state index in [1.807, 2.05) is 56.0 Å². The molecule has 1 heterocycles. The van der Waals surface area contributed by atoms with Crippen LogP contribution in [0.25, 0.3) is 0 Å². The Morgan fingerprint density at radius 2 is 1.86 bits per heavy atom. The summed E-state index contributed by atoms with van der Waals surface area (Å²) < 4.78 is 11.0. The van der Waals surface area contributed by atoms with Gasteiger partial charge in [-0.2, -0.15) is 0 Å². The third kappa shape index (κ3) is 5.05. The molecule has 0 atom stereocenters. The minimum atomic E-state index is -0.475. The molecular formula is C17H25NO3. The van der Waals surface area contributed by atoms with E-state index >= 15 is 0 Å². The summed E-state index contributed by atoms with van der Waals surface area (Å²) in [7, 11) is 0. The van der Waals surface area contributed by atoms with Crippen LogP contribution >= 0.6 is 0 Å². The Bertz CT molecular complexity index is 447. The molecule has 4 heteroatoms. The smallest absolute Gasteiger partial charge is 0.410 e. The molecule has 1 aromatic carbocycles. The SMILES string of the molecule is CC(C)(C)OC(=O)N(Cc1ccccc1)C1CCOCC1. The zero-order valence-electron chi connectivity index (χ0n) is 13.2. The van der Waals surface area contributed by atoms with Crippen LogP contribution in [-0.4, -0.2) is 35.8 Å². The summed E-state index contributed by atoms with van der Waals surface area (Å²) in [4.78, 5) is 14.4. The molecule has 1 fully saturated rings. The van der Waals surface area contributed by atoms with Crippen molar-refractivity contribution in [3.05, 3.63) is 35.9 Å². The average molecular weight is 291 g/mol. The summed E-state index contributed by atoms with van der Waals surface area (Å²) in [6.07, 6.45) is 1.50. The van der Waals surface area contributed by atoms with Gasteiger partial charge in [0.15, 0.2) is 0 Å². The number of amides is 1. The predicted molar refractivity (Wildman–Crippen MR) is 82.1 cm³/mol. The highest BCUT2D eigenvalue weighted by atomic mass is 16.6. The maximum atomic E-state index is 12.5. The lowest BCUT2D eigenvalue weighted by Gasteiger charge is -2.35. The third-order valence-corrected chi connectivity index (χ3v) is 3.46. The van der Waals surface area contributed by atoms with Crippen LogP contribution < -0.4 is 0 Å². The van der Waals surface area contributed by atoms with Crippen molar-refractivity contribution in [1.82, 2.24) is 4.90 Å². The van der Waals surface area contributed by atoms with E-state index in [1.54, 1.807) is 0 Å². The largest absolute Gasteiger partial charge is 0.444 e. The fourth-order valence-electron chi connectivity index (χ4n) is 2.44. The van der Waals surface area contributed by atoms with Gasteiger partial charge in [0.25, 0.3) is 0 Å². The molecule has 0 aliphatic carbocycles. The molecule has 0 saturated carbocycles. The molecule has 0 radical (unpaired) electrons. The Hall–Kier alpha value is -1.55. The second-order valence-corrected chi connectivity index (χ2v) is 6.44. The first-order valence-corrected chi connectivity index (χ1v) is 7.57. The lowest BCUT2D eigenvalue weighted by Crippen LogP contribution is -2.45. The minimum absolute atomic E-state index is 0.189. The van der Waals surface area contributed by atoms with Crippen molar-refractivity contribution < 1.29 is 14.3 Å². The van der Waals surface area contributed by atoms with Crippen molar-refractivity contribution in [2.75, 3.05) is 13.2 Å². The number of carbonyl (C=O) groups is 1. The quantitative estimate of drug-likeness (QED) is 0.854. The van der Waals surface area contributed by atoms with Crippen LogP contribution in [0.5, 0.6) is 0 Å². The Morgan fingerprint density at radius 1 is 1.24 bits per heavy atom. The predicted octanol–water partition coefficient (Wildman–Crippen LogP) is 3.60. The van der Waals surface area contributed by atoms with Crippen molar-refractivity contribution in [2.45, 2.75) is 51.8 Å². The maximum absolute atomic E-state index is 12.5. The van der Waals surface area contributed by atoms with Gasteiger partial charge in [-0.15, -0.1) is 0 Å². The fraction of sp³-hybridized carbons (Fsp3) is 0.588. The van der Waals surface area contributed by atoms with Crippen molar-refractivity contribution >= 4 is 6.09 Å². The molecule has 21 heavy (non-hydrogen) atoms. The zero-order valence-corrected chi connectivity index (χ0v) is 13.2. The van der Waals surface area contributed by atoms with Gasteiger partial charge in [-0.25, -0.2) is 4.79 Å². The molecule has 116 valence electrons. The van der Waals surface area contributed by atoms with E-state index in [1.165, 1.54) is 0 Å². The first kappa shape index (κ1) is 15.8. The number of nitrogens with zero attached hydrogens (tertiary/aromatic N) is 1. The van der Waals surface area contributed by atoms with Gasteiger partial charge in [0, 0.05) is 25.8 Å². The van der Waals surface area contributed by atoms with Crippen LogP contribution in [0.3, 0.4) is 0 Å². The van der Waals surface area contributed by atoms with Gasteiger partial charge in [0.05, 0.1) is 0 Å². The molecule has 1 aromatic rings. The summed E-state index contributed by atoms with van der Waals surface area (Å²) in [6.45, 7) is 7.69. The van der Waals surface area contributed by atoms with Crippen LogP contribution in [0.15, 0.2) is 30.3 Å². The lowest BCUT2D eigenvalue weighted by atomic mass is 10.1. The maximum Gasteiger partial charge on any atom is 0.410 e. The van der Waals surface area contributed by atoms with E-state index < -0.39 is 5.60 Å². The molecule has 1 saturated heterocycles. The zero-order chi connectivity index (χ0) is 15.3. The number of rotatable bonds is 3. The van der Waals surface area contributed by atoms with E-state index in [4.69, 9.17) is 9.47 Å². The molecule has 0 unspecified atom stereocenters. The summed E-state index contributed by atoms with van der Waals surface area (Å²) in [5, 5.41) is 0. The third-order valence-electron chi connectivity index (χ3n) is 3.46. The Kier molecular flexibility index (Phi) is 5.23. The first-order valence-electron chi connectivity index (χ1n) is 7.57. The monoisotopic (exact) mass is 291 g/mol. The second kappa shape index (κ2) is 6.94. The highest BCUT2D eigenvalue weighted by Gasteiger charge is 2.29. The van der Waals surface area contributed by atoms with E-state index in [-0.39, 0.29) is 12.1 Å². The molecule has 0 bridgehead atoms. The second-order valence-electron chi connectivity index (χ2n) is 6.44. The number of hydrogen-bond acceptors (Lipinski definition) is 3. The molecule has 2 rings (SSSR count). The molecule has 1 amide bonds. The Morgan fingerprint density at radius 3 is 2.43 bits per heavy atom. The van der Waals surface area contributed by atoms with Gasteiger partial charge in [-0.05, 0) is 39.2 Å². The standard InChI is InChI=1S/C17H25NO3/c1-17(2,3)21-16(19)18(15-9-11-20-12-10-15)13-14-7-5-4-6-8-14/h4-8,15H,9-13H2,1-3H3. The van der Waals surface area contributed by atoms with Gasteiger partial charge in [-0.1, -0.05) is 30.3 Å². The van der Waals surface area contributed by atoms with Crippen molar-refractivity contribution in [3.63, 3.8) is 0 Å². The van der Waals surface area contributed by atoms with Crippen LogP contribution in [-0.2, 0) is 16.0 Å². The molecule has 0 aromatic heterocycles. The summed E-state index contributed by atoms with van der Waals surface area (Å²) in [5.41, 5.74) is 0.645. The molecule has 0 N–H and O–H groups in total. The van der Waals surface area contributed by atoms with Crippen molar-refractivity contribution in [2.24, 2.45) is 0 Å². The fourth-order valence-corrected chi connectivity index (χ4v) is 2.44.